The third kappa shape index (κ3) is 9.99. The van der Waals surface area contributed by atoms with Crippen LogP contribution in [0.25, 0.3) is 16.7 Å². The third-order valence-electron chi connectivity index (χ3n) is 13.9. The van der Waals surface area contributed by atoms with Gasteiger partial charge in [-0.3, -0.25) is 14.5 Å². The van der Waals surface area contributed by atoms with Gasteiger partial charge in [0.1, 0.15) is 53.8 Å². The van der Waals surface area contributed by atoms with Crippen LogP contribution >= 0.6 is 0 Å². The number of ether oxygens (including phenoxy) is 4. The molecule has 9 rings (SSSR count). The Labute approximate surface area is 367 Å². The summed E-state index contributed by atoms with van der Waals surface area (Å²) in [4.78, 5) is 64.0. The molecular formula is C46H62N8O9. The van der Waals surface area contributed by atoms with Crippen LogP contribution in [0.2, 0.25) is 0 Å². The number of anilines is 1. The molecule has 0 radical (unpaired) electrons. The summed E-state index contributed by atoms with van der Waals surface area (Å²) in [5.41, 5.74) is -0.771. The smallest absolute Gasteiger partial charge is 0.408 e. The second-order valence-electron chi connectivity index (χ2n) is 18.8. The summed E-state index contributed by atoms with van der Waals surface area (Å²) in [5.74, 6) is 1.34. The Morgan fingerprint density at radius 1 is 0.984 bits per heavy atom. The molecule has 17 heteroatoms. The molecule has 3 saturated heterocycles. The molecular weight excluding hydrogens is 809 g/mol. The van der Waals surface area contributed by atoms with Gasteiger partial charge in [0.05, 0.1) is 25.3 Å². The number of nitrogens with zero attached hydrogens (tertiary/aromatic N) is 5. The lowest BCUT2D eigenvalue weighted by atomic mass is 10.0. The number of pyridine rings is 1. The van der Waals surface area contributed by atoms with Crippen molar-refractivity contribution in [1.82, 2.24) is 35.2 Å². The fourth-order valence-electron chi connectivity index (χ4n) is 10.2. The van der Waals surface area contributed by atoms with E-state index in [0.717, 1.165) is 58.2 Å². The lowest BCUT2D eigenvalue weighted by Gasteiger charge is -2.29. The molecule has 8 atom stereocenters. The van der Waals surface area contributed by atoms with Gasteiger partial charge in [-0.25, -0.2) is 19.3 Å². The minimum Gasteiger partial charge on any atom is -0.492 e. The maximum Gasteiger partial charge on any atom is 0.408 e. The Bertz CT molecular complexity index is 2150. The summed E-state index contributed by atoms with van der Waals surface area (Å²) in [7, 11) is 0. The van der Waals surface area contributed by atoms with E-state index in [1.165, 1.54) is 11.3 Å². The van der Waals surface area contributed by atoms with Gasteiger partial charge in [0.25, 0.3) is 0 Å². The van der Waals surface area contributed by atoms with E-state index >= 15 is 0 Å². The first-order valence-electron chi connectivity index (χ1n) is 23.2. The number of benzene rings is 1. The second-order valence-corrected chi connectivity index (χ2v) is 18.8. The van der Waals surface area contributed by atoms with Gasteiger partial charge in [-0.15, -0.1) is 5.10 Å². The first-order valence-corrected chi connectivity index (χ1v) is 23.2. The standard InChI is InChI=1S/C46H62N8O9/c1-28(2)47-40-12-13-54(51-40)41-25-39(35-11-10-32(23-37(35)48-41)61-19-16-52-14-17-60-18-15-52)62-34-24-38-42(55)50-46(44(57)58)26-31(46)8-6-4-3-5-7-9-36(43(56)53(38)27-34)49-45(59)63-33-21-29-20-30(29)22-33/h10-13,23,25,28-31,33-34,36,38H,3-9,14-22,24,26-27H2,1-2H3,(H,47,51)(H,49,59)(H,50,55)(H,57,58)/t29-,30+,31-,33?,34+,36-,38-,46+/m0/s1. The van der Waals surface area contributed by atoms with E-state index in [1.807, 2.05) is 44.3 Å². The molecule has 3 saturated carbocycles. The summed E-state index contributed by atoms with van der Waals surface area (Å²) in [5, 5.41) is 24.9. The molecule has 6 fully saturated rings. The van der Waals surface area contributed by atoms with Crippen molar-refractivity contribution >= 4 is 40.6 Å². The molecule has 3 aliphatic carbocycles. The van der Waals surface area contributed by atoms with E-state index in [9.17, 15) is 24.3 Å². The minimum absolute atomic E-state index is 0.0335. The number of hydrogen-bond acceptors (Lipinski definition) is 12. The van der Waals surface area contributed by atoms with Crippen molar-refractivity contribution in [2.75, 3.05) is 51.3 Å². The number of carbonyl (C=O) groups is 4. The van der Waals surface area contributed by atoms with Gasteiger partial charge in [-0.05, 0) is 82.3 Å². The molecule has 6 aliphatic rings. The van der Waals surface area contributed by atoms with Gasteiger partial charge >= 0.3 is 12.1 Å². The predicted octanol–water partition coefficient (Wildman–Crippen LogP) is 4.90. The van der Waals surface area contributed by atoms with Crippen LogP contribution in [0.4, 0.5) is 10.6 Å². The lowest BCUT2D eigenvalue weighted by molar-refractivity contribution is -0.146. The average Bonchev–Trinajstić information content (AvgIpc) is 3.91. The van der Waals surface area contributed by atoms with Crippen LogP contribution in [0.1, 0.15) is 90.9 Å². The molecule has 3 amide bonds. The Morgan fingerprint density at radius 3 is 2.54 bits per heavy atom. The van der Waals surface area contributed by atoms with Crippen molar-refractivity contribution in [3.8, 4) is 17.3 Å². The average molecular weight is 871 g/mol. The molecule has 63 heavy (non-hydrogen) atoms. The summed E-state index contributed by atoms with van der Waals surface area (Å²) < 4.78 is 26.0. The van der Waals surface area contributed by atoms with E-state index in [4.69, 9.17) is 29.0 Å². The molecule has 2 aromatic heterocycles. The minimum atomic E-state index is -1.38. The van der Waals surface area contributed by atoms with Crippen molar-refractivity contribution in [3.63, 3.8) is 0 Å². The summed E-state index contributed by atoms with van der Waals surface area (Å²) in [6.07, 6.45) is 9.05. The number of fused-ring (bicyclic) bond motifs is 4. The van der Waals surface area contributed by atoms with E-state index in [-0.39, 0.29) is 31.0 Å². The van der Waals surface area contributed by atoms with Crippen LogP contribution in [0.3, 0.4) is 0 Å². The molecule has 3 aromatic rings. The van der Waals surface area contributed by atoms with Gasteiger partial charge < -0.3 is 44.9 Å². The maximum atomic E-state index is 14.8. The summed E-state index contributed by atoms with van der Waals surface area (Å²) in [6, 6.07) is 7.51. The number of carboxylic acids is 1. The third-order valence-corrected chi connectivity index (χ3v) is 13.9. The van der Waals surface area contributed by atoms with Crippen molar-refractivity contribution in [2.45, 2.75) is 127 Å². The van der Waals surface area contributed by atoms with E-state index in [2.05, 4.69) is 20.9 Å². The first-order chi connectivity index (χ1) is 30.5. The number of nitrogens with one attached hydrogen (secondary N) is 3. The first kappa shape index (κ1) is 43.1. The zero-order valence-corrected chi connectivity index (χ0v) is 36.5. The molecule has 1 aromatic carbocycles. The highest BCUT2D eigenvalue weighted by atomic mass is 16.6. The van der Waals surface area contributed by atoms with Gasteiger partial charge in [0.15, 0.2) is 5.82 Å². The molecule has 3 aliphatic heterocycles. The maximum absolute atomic E-state index is 14.8. The zero-order chi connectivity index (χ0) is 43.7. The number of aromatic nitrogens is 3. The van der Waals surface area contributed by atoms with Crippen LogP contribution in [0.15, 0.2) is 36.5 Å². The second kappa shape index (κ2) is 18.5. The Balaban J connectivity index is 0.993. The van der Waals surface area contributed by atoms with Crippen molar-refractivity contribution in [3.05, 3.63) is 36.5 Å². The molecule has 0 spiro atoms. The Kier molecular flexibility index (Phi) is 12.7. The van der Waals surface area contributed by atoms with Crippen LogP contribution in [-0.4, -0.2) is 135 Å². The number of morpholine rings is 1. The Hall–Kier alpha value is -5.16. The van der Waals surface area contributed by atoms with Crippen LogP contribution in [0, 0.1) is 17.8 Å². The largest absolute Gasteiger partial charge is 0.492 e. The van der Waals surface area contributed by atoms with Crippen molar-refractivity contribution in [1.29, 1.82) is 0 Å². The molecule has 5 heterocycles. The Morgan fingerprint density at radius 2 is 1.76 bits per heavy atom. The number of alkyl carbamates (subject to hydrolysis) is 1. The number of amides is 3. The van der Waals surface area contributed by atoms with Gasteiger partial charge in [-0.2, -0.15) is 0 Å². The monoisotopic (exact) mass is 870 g/mol. The lowest BCUT2D eigenvalue weighted by Crippen LogP contribution is -2.56. The highest BCUT2D eigenvalue weighted by molar-refractivity contribution is 5.96. The number of rotatable bonds is 12. The van der Waals surface area contributed by atoms with Crippen LogP contribution in [0.5, 0.6) is 11.5 Å². The highest BCUT2D eigenvalue weighted by Crippen LogP contribution is 2.52. The van der Waals surface area contributed by atoms with Gasteiger partial charge in [0.2, 0.25) is 11.8 Å². The number of carbonyl (C=O) groups excluding carboxylic acids is 3. The van der Waals surface area contributed by atoms with Crippen LogP contribution in [-0.2, 0) is 23.9 Å². The molecule has 1 unspecified atom stereocenters. The fraction of sp³-hybridized carbons (Fsp3) is 0.652. The van der Waals surface area contributed by atoms with E-state index in [0.29, 0.717) is 91.4 Å². The van der Waals surface area contributed by atoms with Crippen molar-refractivity contribution < 1.29 is 43.2 Å². The molecule has 0 bridgehead atoms. The van der Waals surface area contributed by atoms with Gasteiger partial charge in [-0.1, -0.05) is 32.1 Å². The quantitative estimate of drug-likeness (QED) is 0.192. The van der Waals surface area contributed by atoms with Gasteiger partial charge in [0, 0.05) is 61.9 Å². The van der Waals surface area contributed by atoms with E-state index in [1.54, 1.807) is 10.7 Å². The SMILES string of the molecule is CC(C)Nc1ccn(-c2cc(O[C@@H]3C[C@H]4C(=O)N[C@]5(C(=O)O)C[C@@H]5CCCCCCC[C@H](NC(=O)OC5C[C@@H]6C[C@@H]6C5)C(=O)N4C3)c3ccc(OCCN4CCOCC4)cc3n2)n1. The molecule has 340 valence electrons. The van der Waals surface area contributed by atoms with Crippen molar-refractivity contribution in [2.24, 2.45) is 17.8 Å². The van der Waals surface area contributed by atoms with Crippen LogP contribution < -0.4 is 25.4 Å². The number of hydrogen-bond donors (Lipinski definition) is 4. The molecule has 4 N–H and O–H groups in total. The predicted molar refractivity (Wildman–Crippen MR) is 232 cm³/mol. The van der Waals surface area contributed by atoms with E-state index < -0.39 is 47.6 Å². The number of carboxylic acid groups (broad SMARTS) is 1. The number of aliphatic carboxylic acids is 1. The highest BCUT2D eigenvalue weighted by Gasteiger charge is 2.62. The zero-order valence-electron chi connectivity index (χ0n) is 36.5. The topological polar surface area (TPSA) is 199 Å². The molecule has 17 nitrogen and oxygen atoms in total. The summed E-state index contributed by atoms with van der Waals surface area (Å²) >= 11 is 0. The normalized spacial score (nSPS) is 30.0. The fourth-order valence-corrected chi connectivity index (χ4v) is 10.2. The summed E-state index contributed by atoms with van der Waals surface area (Å²) in [6.45, 7) is 8.51.